The predicted molar refractivity (Wildman–Crippen MR) is 86.1 cm³/mol. The van der Waals surface area contributed by atoms with Crippen LogP contribution in [0.1, 0.15) is 5.56 Å². The van der Waals surface area contributed by atoms with E-state index in [4.69, 9.17) is 10.5 Å². The summed E-state index contributed by atoms with van der Waals surface area (Å²) >= 11 is 0. The SMILES string of the molecule is CN1C(=O)[C@@]2(N=C(N)NC(N3CCOCC3)=N2)c2ccccc21. The van der Waals surface area contributed by atoms with Gasteiger partial charge in [0.05, 0.1) is 18.9 Å². The monoisotopic (exact) mass is 314 g/mol. The Bertz CT molecular complexity index is 724. The Labute approximate surface area is 133 Å². The lowest BCUT2D eigenvalue weighted by Crippen LogP contribution is -2.56. The maximum absolute atomic E-state index is 12.9. The van der Waals surface area contributed by atoms with Crippen molar-refractivity contribution in [1.29, 1.82) is 0 Å². The maximum atomic E-state index is 12.9. The second kappa shape index (κ2) is 4.95. The van der Waals surface area contributed by atoms with Gasteiger partial charge < -0.3 is 20.3 Å². The summed E-state index contributed by atoms with van der Waals surface area (Å²) in [6.07, 6.45) is 0. The average Bonchev–Trinajstić information content (AvgIpc) is 2.78. The zero-order valence-electron chi connectivity index (χ0n) is 12.8. The van der Waals surface area contributed by atoms with Crippen molar-refractivity contribution in [3.8, 4) is 0 Å². The first-order valence-electron chi connectivity index (χ1n) is 7.54. The van der Waals surface area contributed by atoms with E-state index in [9.17, 15) is 4.79 Å². The number of aliphatic imine (C=N–C) groups is 2. The van der Waals surface area contributed by atoms with Crippen molar-refractivity contribution in [3.05, 3.63) is 29.8 Å². The number of nitrogens with two attached hydrogens (primary N) is 1. The maximum Gasteiger partial charge on any atom is 0.282 e. The number of para-hydroxylation sites is 1. The third kappa shape index (κ3) is 1.98. The number of nitrogens with zero attached hydrogens (tertiary/aromatic N) is 4. The van der Waals surface area contributed by atoms with Crippen LogP contribution in [0.5, 0.6) is 0 Å². The van der Waals surface area contributed by atoms with Crippen molar-refractivity contribution < 1.29 is 9.53 Å². The molecule has 0 saturated carbocycles. The molecule has 1 amide bonds. The number of amides is 1. The molecule has 3 heterocycles. The highest BCUT2D eigenvalue weighted by atomic mass is 16.5. The average molecular weight is 314 g/mol. The van der Waals surface area contributed by atoms with Crippen molar-refractivity contribution in [2.75, 3.05) is 38.3 Å². The van der Waals surface area contributed by atoms with Gasteiger partial charge in [0, 0.05) is 25.7 Å². The van der Waals surface area contributed by atoms with Crippen LogP contribution in [0.15, 0.2) is 34.3 Å². The van der Waals surface area contributed by atoms with E-state index in [0.29, 0.717) is 32.3 Å². The number of carbonyl (C=O) groups excluding carboxylic acids is 1. The molecular weight excluding hydrogens is 296 g/mol. The third-order valence-electron chi connectivity index (χ3n) is 4.34. The first-order chi connectivity index (χ1) is 11.1. The second-order valence-electron chi connectivity index (χ2n) is 5.71. The van der Waals surface area contributed by atoms with E-state index in [-0.39, 0.29) is 11.9 Å². The lowest BCUT2D eigenvalue weighted by Gasteiger charge is -2.34. The van der Waals surface area contributed by atoms with E-state index in [1.807, 2.05) is 29.2 Å². The minimum absolute atomic E-state index is 0.194. The van der Waals surface area contributed by atoms with E-state index < -0.39 is 5.66 Å². The Balaban J connectivity index is 1.84. The van der Waals surface area contributed by atoms with Crippen molar-refractivity contribution in [1.82, 2.24) is 10.2 Å². The van der Waals surface area contributed by atoms with Crippen molar-refractivity contribution in [2.45, 2.75) is 5.66 Å². The fourth-order valence-electron chi connectivity index (χ4n) is 3.18. The highest BCUT2D eigenvalue weighted by Gasteiger charge is 2.52. The molecule has 0 radical (unpaired) electrons. The smallest absolute Gasteiger partial charge is 0.282 e. The highest BCUT2D eigenvalue weighted by molar-refractivity contribution is 6.12. The van der Waals surface area contributed by atoms with Gasteiger partial charge in [0.15, 0.2) is 5.96 Å². The van der Waals surface area contributed by atoms with Gasteiger partial charge in [0.1, 0.15) is 0 Å². The number of hydrogen-bond donors (Lipinski definition) is 2. The summed E-state index contributed by atoms with van der Waals surface area (Å²) in [4.78, 5) is 25.6. The molecule has 0 aromatic heterocycles. The van der Waals surface area contributed by atoms with Crippen LogP contribution in [0, 0.1) is 0 Å². The van der Waals surface area contributed by atoms with E-state index >= 15 is 0 Å². The Hall–Kier alpha value is -2.61. The molecule has 0 bridgehead atoms. The van der Waals surface area contributed by atoms with E-state index in [1.165, 1.54) is 0 Å². The minimum Gasteiger partial charge on any atom is -0.378 e. The zero-order valence-corrected chi connectivity index (χ0v) is 12.8. The fraction of sp³-hybridized carbons (Fsp3) is 0.400. The van der Waals surface area contributed by atoms with Gasteiger partial charge in [-0.1, -0.05) is 18.2 Å². The Morgan fingerprint density at radius 3 is 2.78 bits per heavy atom. The molecule has 0 unspecified atom stereocenters. The zero-order chi connectivity index (χ0) is 16.0. The van der Waals surface area contributed by atoms with Crippen LogP contribution in [-0.2, 0) is 15.2 Å². The molecular formula is C15H18N6O2. The molecule has 1 spiro atoms. The summed E-state index contributed by atoms with van der Waals surface area (Å²) in [5.41, 5.74) is 6.21. The number of guanidine groups is 2. The summed E-state index contributed by atoms with van der Waals surface area (Å²) in [7, 11) is 1.73. The van der Waals surface area contributed by atoms with Crippen LogP contribution < -0.4 is 16.0 Å². The first kappa shape index (κ1) is 14.0. The van der Waals surface area contributed by atoms with Crippen LogP contribution in [0.2, 0.25) is 0 Å². The molecule has 3 N–H and O–H groups in total. The predicted octanol–water partition coefficient (Wildman–Crippen LogP) is -0.578. The summed E-state index contributed by atoms with van der Waals surface area (Å²) < 4.78 is 5.37. The number of rotatable bonds is 0. The molecule has 8 nitrogen and oxygen atoms in total. The molecule has 3 aliphatic heterocycles. The number of anilines is 1. The minimum atomic E-state index is -1.33. The number of nitrogens with one attached hydrogen (secondary N) is 1. The number of benzene rings is 1. The van der Waals surface area contributed by atoms with Crippen LogP contribution in [0.4, 0.5) is 5.69 Å². The topological polar surface area (TPSA) is 95.5 Å². The van der Waals surface area contributed by atoms with E-state index in [1.54, 1.807) is 11.9 Å². The lowest BCUT2D eigenvalue weighted by atomic mass is 10.0. The van der Waals surface area contributed by atoms with E-state index in [2.05, 4.69) is 15.3 Å². The number of hydrogen-bond acceptors (Lipinski definition) is 7. The highest BCUT2D eigenvalue weighted by Crippen LogP contribution is 2.43. The van der Waals surface area contributed by atoms with Gasteiger partial charge in [-0.2, -0.15) is 0 Å². The number of carbonyl (C=O) groups is 1. The molecule has 0 aliphatic carbocycles. The van der Waals surface area contributed by atoms with Crippen molar-refractivity contribution in [2.24, 2.45) is 15.7 Å². The van der Waals surface area contributed by atoms with Crippen LogP contribution in [0.25, 0.3) is 0 Å². The Kier molecular flexibility index (Phi) is 3.02. The van der Waals surface area contributed by atoms with Gasteiger partial charge in [0.2, 0.25) is 5.96 Å². The number of morpholine rings is 1. The summed E-state index contributed by atoms with van der Waals surface area (Å²) in [6, 6.07) is 7.53. The van der Waals surface area contributed by atoms with Gasteiger partial charge in [-0.25, -0.2) is 9.98 Å². The molecule has 4 rings (SSSR count). The molecule has 23 heavy (non-hydrogen) atoms. The summed E-state index contributed by atoms with van der Waals surface area (Å²) in [5, 5.41) is 2.98. The van der Waals surface area contributed by atoms with Gasteiger partial charge >= 0.3 is 0 Å². The standard InChI is InChI=1S/C15H18N6O2/c1-20-11-5-3-2-4-10(11)15(12(20)22)18-13(16)17-14(19-15)21-6-8-23-9-7-21/h2-5H,6-9H2,1H3,(H3,16,17,18,19)/t15-/m1/s1. The largest absolute Gasteiger partial charge is 0.378 e. The summed E-state index contributed by atoms with van der Waals surface area (Å²) in [5.74, 6) is 0.563. The van der Waals surface area contributed by atoms with Crippen molar-refractivity contribution in [3.63, 3.8) is 0 Å². The number of fused-ring (bicyclic) bond motifs is 2. The number of ether oxygens (including phenoxy) is 1. The normalized spacial score (nSPS) is 26.7. The molecule has 8 heteroatoms. The quantitative estimate of drug-likeness (QED) is 0.668. The van der Waals surface area contributed by atoms with Crippen molar-refractivity contribution >= 4 is 23.5 Å². The second-order valence-corrected chi connectivity index (χ2v) is 5.71. The fourth-order valence-corrected chi connectivity index (χ4v) is 3.18. The summed E-state index contributed by atoms with van der Waals surface area (Å²) in [6.45, 7) is 2.63. The molecule has 1 saturated heterocycles. The molecule has 1 atom stereocenters. The van der Waals surface area contributed by atoms with Gasteiger partial charge in [0.25, 0.3) is 11.6 Å². The lowest BCUT2D eigenvalue weighted by molar-refractivity contribution is -0.122. The Morgan fingerprint density at radius 2 is 2.00 bits per heavy atom. The van der Waals surface area contributed by atoms with Gasteiger partial charge in [-0.05, 0) is 6.07 Å². The molecule has 1 fully saturated rings. The van der Waals surface area contributed by atoms with Crippen LogP contribution in [0.3, 0.4) is 0 Å². The van der Waals surface area contributed by atoms with Crippen LogP contribution in [-0.4, -0.2) is 56.1 Å². The van der Waals surface area contributed by atoms with E-state index in [0.717, 1.165) is 11.3 Å². The van der Waals surface area contributed by atoms with Gasteiger partial charge in [-0.3, -0.25) is 10.1 Å². The molecule has 120 valence electrons. The molecule has 1 aromatic rings. The third-order valence-corrected chi connectivity index (χ3v) is 4.34. The molecule has 3 aliphatic rings. The first-order valence-corrected chi connectivity index (χ1v) is 7.54. The molecule has 1 aromatic carbocycles. The van der Waals surface area contributed by atoms with Gasteiger partial charge in [-0.15, -0.1) is 0 Å². The Morgan fingerprint density at radius 1 is 1.26 bits per heavy atom. The van der Waals surface area contributed by atoms with Crippen LogP contribution >= 0.6 is 0 Å². The number of likely N-dealkylation sites (N-methyl/N-ethyl adjacent to an activating group) is 1.